The molecule has 9 nitrogen and oxygen atoms in total. The zero-order chi connectivity index (χ0) is 37.4. The lowest BCUT2D eigenvalue weighted by Gasteiger charge is -2.32. The van der Waals surface area contributed by atoms with Crippen LogP contribution in [0.1, 0.15) is 71.4 Å². The Balaban J connectivity index is 1.21. The lowest BCUT2D eigenvalue weighted by Crippen LogP contribution is -2.25. The topological polar surface area (TPSA) is 140 Å². The standard InChI is InChI=1S/C44H36O9/c1-44(35-14-20-38(21-15-35)51-26-29-2-8-32(9-3-29)41(45)46,36-16-22-39(23-17-36)52-27-30-4-10-33(11-5-30)42(47)48)37-18-24-40(25-19-37)53-28-31-6-12-34(13-7-31)43(49)50/h2-25H,26-28H2,1H3,(H,45,46)(H,47,48)(H,49,50). The predicted molar refractivity (Wildman–Crippen MR) is 198 cm³/mol. The van der Waals surface area contributed by atoms with Crippen LogP contribution in [0, 0.1) is 0 Å². The first-order chi connectivity index (χ1) is 25.6. The molecule has 0 radical (unpaired) electrons. The molecule has 0 aliphatic rings. The van der Waals surface area contributed by atoms with Gasteiger partial charge >= 0.3 is 17.9 Å². The highest BCUT2D eigenvalue weighted by atomic mass is 16.5. The molecule has 6 aromatic carbocycles. The van der Waals surface area contributed by atoms with Crippen molar-refractivity contribution in [2.45, 2.75) is 32.2 Å². The third kappa shape index (κ3) is 8.72. The van der Waals surface area contributed by atoms with E-state index in [0.29, 0.717) is 17.2 Å². The Morgan fingerprint density at radius 1 is 0.396 bits per heavy atom. The fraction of sp³-hybridized carbons (Fsp3) is 0.114. The summed E-state index contributed by atoms with van der Waals surface area (Å²) in [6.45, 7) is 3.00. The van der Waals surface area contributed by atoms with Crippen LogP contribution in [0.5, 0.6) is 17.2 Å². The highest BCUT2D eigenvalue weighted by Gasteiger charge is 2.31. The Morgan fingerprint density at radius 3 is 0.830 bits per heavy atom. The maximum Gasteiger partial charge on any atom is 0.335 e. The van der Waals surface area contributed by atoms with Crippen LogP contribution < -0.4 is 14.2 Å². The van der Waals surface area contributed by atoms with E-state index in [1.54, 1.807) is 72.8 Å². The molecule has 266 valence electrons. The number of hydrogen-bond donors (Lipinski definition) is 3. The van der Waals surface area contributed by atoms with Crippen molar-refractivity contribution < 1.29 is 43.9 Å². The Hall–Kier alpha value is -6.87. The minimum absolute atomic E-state index is 0.219. The summed E-state index contributed by atoms with van der Waals surface area (Å²) in [7, 11) is 0. The van der Waals surface area contributed by atoms with Crippen LogP contribution >= 0.6 is 0 Å². The van der Waals surface area contributed by atoms with Gasteiger partial charge in [0.15, 0.2) is 0 Å². The van der Waals surface area contributed by atoms with Crippen molar-refractivity contribution in [1.82, 2.24) is 0 Å². The molecule has 0 amide bonds. The summed E-state index contributed by atoms with van der Waals surface area (Å²) in [6, 6.07) is 43.4. The molecule has 0 saturated heterocycles. The number of ether oxygens (including phenoxy) is 3. The van der Waals surface area contributed by atoms with Gasteiger partial charge < -0.3 is 29.5 Å². The minimum Gasteiger partial charge on any atom is -0.489 e. The average Bonchev–Trinajstić information content (AvgIpc) is 3.19. The molecule has 0 unspecified atom stereocenters. The van der Waals surface area contributed by atoms with Crippen molar-refractivity contribution in [3.05, 3.63) is 196 Å². The van der Waals surface area contributed by atoms with E-state index in [0.717, 1.165) is 33.4 Å². The van der Waals surface area contributed by atoms with Crippen LogP contribution in [-0.2, 0) is 25.2 Å². The third-order valence-corrected chi connectivity index (χ3v) is 9.11. The number of benzene rings is 6. The Labute approximate surface area is 306 Å². The molecule has 0 fully saturated rings. The van der Waals surface area contributed by atoms with E-state index in [1.807, 2.05) is 72.8 Å². The maximum absolute atomic E-state index is 11.2. The van der Waals surface area contributed by atoms with Crippen molar-refractivity contribution in [2.24, 2.45) is 0 Å². The van der Waals surface area contributed by atoms with Gasteiger partial charge in [0.1, 0.15) is 37.1 Å². The van der Waals surface area contributed by atoms with Gasteiger partial charge in [-0.15, -0.1) is 0 Å². The Morgan fingerprint density at radius 2 is 0.623 bits per heavy atom. The first-order valence-electron chi connectivity index (χ1n) is 16.8. The van der Waals surface area contributed by atoms with Crippen LogP contribution in [0.25, 0.3) is 0 Å². The van der Waals surface area contributed by atoms with Crippen molar-refractivity contribution in [3.63, 3.8) is 0 Å². The molecule has 0 atom stereocenters. The first kappa shape index (κ1) is 35.9. The van der Waals surface area contributed by atoms with Gasteiger partial charge in [-0.05, 0) is 113 Å². The molecular weight excluding hydrogens is 672 g/mol. The molecule has 0 aliphatic heterocycles. The number of hydrogen-bond acceptors (Lipinski definition) is 6. The summed E-state index contributed by atoms with van der Waals surface area (Å²) in [5.74, 6) is -0.934. The SMILES string of the molecule is CC(c1ccc(OCc2ccc(C(=O)O)cc2)cc1)(c1ccc(OCc2ccc(C(=O)O)cc2)cc1)c1ccc(OCc2ccc(C(=O)O)cc2)cc1. The molecule has 53 heavy (non-hydrogen) atoms. The molecule has 9 heteroatoms. The summed E-state index contributed by atoms with van der Waals surface area (Å²) < 4.78 is 18.1. The number of rotatable bonds is 15. The van der Waals surface area contributed by atoms with Gasteiger partial charge in [0.05, 0.1) is 16.7 Å². The van der Waals surface area contributed by atoms with Crippen LogP contribution in [0.15, 0.2) is 146 Å². The number of carboxylic acid groups (broad SMARTS) is 3. The summed E-state index contributed by atoms with van der Waals surface area (Å²) >= 11 is 0. The van der Waals surface area contributed by atoms with Gasteiger partial charge in [-0.2, -0.15) is 0 Å². The highest BCUT2D eigenvalue weighted by molar-refractivity contribution is 5.88. The van der Waals surface area contributed by atoms with Crippen molar-refractivity contribution in [2.75, 3.05) is 0 Å². The number of carbonyl (C=O) groups is 3. The van der Waals surface area contributed by atoms with Crippen LogP contribution in [-0.4, -0.2) is 33.2 Å². The second kappa shape index (κ2) is 16.0. The maximum atomic E-state index is 11.2. The van der Waals surface area contributed by atoms with E-state index >= 15 is 0 Å². The molecule has 0 spiro atoms. The van der Waals surface area contributed by atoms with Gasteiger partial charge in [-0.25, -0.2) is 14.4 Å². The summed E-state index contributed by atoms with van der Waals surface area (Å²) in [5, 5.41) is 27.5. The monoisotopic (exact) mass is 708 g/mol. The molecule has 3 N–H and O–H groups in total. The van der Waals surface area contributed by atoms with Crippen molar-refractivity contribution in [1.29, 1.82) is 0 Å². The quantitative estimate of drug-likeness (QED) is 0.0893. The van der Waals surface area contributed by atoms with Gasteiger partial charge in [-0.1, -0.05) is 72.8 Å². The Kier molecular flexibility index (Phi) is 10.8. The van der Waals surface area contributed by atoms with Gasteiger partial charge in [0, 0.05) is 5.41 Å². The minimum atomic E-state index is -0.977. The Bertz CT molecular complexity index is 1920. The first-order valence-corrected chi connectivity index (χ1v) is 16.8. The van der Waals surface area contributed by atoms with E-state index in [1.165, 1.54) is 0 Å². The molecule has 0 aromatic heterocycles. The number of aromatic carboxylic acids is 3. The number of carboxylic acids is 3. The van der Waals surface area contributed by atoms with Gasteiger partial charge in [0.25, 0.3) is 0 Å². The second-order valence-electron chi connectivity index (χ2n) is 12.6. The molecule has 0 heterocycles. The van der Waals surface area contributed by atoms with Gasteiger partial charge in [-0.3, -0.25) is 0 Å². The van der Waals surface area contributed by atoms with Crippen LogP contribution in [0.3, 0.4) is 0 Å². The molecule has 6 aromatic rings. The summed E-state index contributed by atoms with van der Waals surface area (Å²) in [4.78, 5) is 33.6. The average molecular weight is 709 g/mol. The molecule has 6 rings (SSSR count). The molecular formula is C44H36O9. The van der Waals surface area contributed by atoms with E-state index in [4.69, 9.17) is 14.2 Å². The largest absolute Gasteiger partial charge is 0.489 e. The predicted octanol–water partition coefficient (Wildman–Crippen LogP) is 8.87. The molecule has 0 bridgehead atoms. The van der Waals surface area contributed by atoms with E-state index in [9.17, 15) is 29.7 Å². The summed E-state index contributed by atoms with van der Waals surface area (Å²) in [5.41, 5.74) is 5.62. The summed E-state index contributed by atoms with van der Waals surface area (Å²) in [6.07, 6.45) is 0. The van der Waals surface area contributed by atoms with Crippen molar-refractivity contribution in [3.8, 4) is 17.2 Å². The highest BCUT2D eigenvalue weighted by Crippen LogP contribution is 2.40. The lowest BCUT2D eigenvalue weighted by molar-refractivity contribution is 0.0686. The smallest absolute Gasteiger partial charge is 0.335 e. The second-order valence-corrected chi connectivity index (χ2v) is 12.6. The zero-order valence-electron chi connectivity index (χ0n) is 28.8. The zero-order valence-corrected chi connectivity index (χ0v) is 28.8. The third-order valence-electron chi connectivity index (χ3n) is 9.11. The van der Waals surface area contributed by atoms with Crippen LogP contribution in [0.2, 0.25) is 0 Å². The fourth-order valence-electron chi connectivity index (χ4n) is 5.88. The normalized spacial score (nSPS) is 11.0. The van der Waals surface area contributed by atoms with E-state index in [-0.39, 0.29) is 36.5 Å². The van der Waals surface area contributed by atoms with Crippen LogP contribution in [0.4, 0.5) is 0 Å². The van der Waals surface area contributed by atoms with E-state index < -0.39 is 23.3 Å². The van der Waals surface area contributed by atoms with E-state index in [2.05, 4.69) is 6.92 Å². The fourth-order valence-corrected chi connectivity index (χ4v) is 5.88. The van der Waals surface area contributed by atoms with Crippen molar-refractivity contribution >= 4 is 17.9 Å². The molecule has 0 saturated carbocycles. The van der Waals surface area contributed by atoms with Gasteiger partial charge in [0.2, 0.25) is 0 Å². The molecule has 0 aliphatic carbocycles. The lowest BCUT2D eigenvalue weighted by atomic mass is 9.71.